The van der Waals surface area contributed by atoms with Gasteiger partial charge in [0.15, 0.2) is 0 Å². The summed E-state index contributed by atoms with van der Waals surface area (Å²) in [6.07, 6.45) is 4.39. The number of nitrogens with one attached hydrogen (secondary N) is 1. The van der Waals surface area contributed by atoms with Crippen LogP contribution >= 0.6 is 0 Å². The fraction of sp³-hybridized carbons (Fsp3) is 1.00. The second-order valence-corrected chi connectivity index (χ2v) is 10.3. The highest BCUT2D eigenvalue weighted by Gasteiger charge is 2.37. The van der Waals surface area contributed by atoms with E-state index in [9.17, 15) is 12.6 Å². The Hall–Kier alpha value is 0.0600. The van der Waals surface area contributed by atoms with Crippen LogP contribution in [0.4, 0.5) is 0 Å². The smallest absolute Gasteiger partial charge is 0.148 e. The maximum atomic E-state index is 12.5. The molecule has 0 aromatic rings. The van der Waals surface area contributed by atoms with E-state index < -0.39 is 20.6 Å². The molecule has 0 aromatic heterocycles. The Balaban J connectivity index is 2.72. The van der Waals surface area contributed by atoms with Gasteiger partial charge in [0, 0.05) is 28.9 Å². The van der Waals surface area contributed by atoms with Crippen LogP contribution in [-0.2, 0) is 20.6 Å². The molecule has 1 aliphatic rings. The van der Waals surface area contributed by atoms with Gasteiger partial charge in [-0.3, -0.25) is 4.21 Å². The van der Waals surface area contributed by atoms with Crippen molar-refractivity contribution >= 4 is 20.6 Å². The molecule has 1 N–H and O–H groups in total. The van der Waals surface area contributed by atoms with Gasteiger partial charge in [0.1, 0.15) is 9.84 Å². The predicted molar refractivity (Wildman–Crippen MR) is 86.2 cm³/mol. The van der Waals surface area contributed by atoms with Crippen molar-refractivity contribution in [3.63, 3.8) is 0 Å². The number of sulfone groups is 1. The number of hydrogen-bond donors (Lipinski definition) is 1. The molecule has 0 saturated heterocycles. The molecular formula is C14H29NO3S2. The van der Waals surface area contributed by atoms with Gasteiger partial charge < -0.3 is 5.32 Å². The van der Waals surface area contributed by atoms with Crippen molar-refractivity contribution in [1.82, 2.24) is 5.32 Å². The van der Waals surface area contributed by atoms with Gasteiger partial charge in [-0.05, 0) is 37.6 Å². The maximum absolute atomic E-state index is 12.5. The third-order valence-electron chi connectivity index (χ3n) is 4.00. The zero-order chi connectivity index (χ0) is 15.3. The largest absolute Gasteiger partial charge is 0.313 e. The van der Waals surface area contributed by atoms with Crippen LogP contribution in [0.3, 0.4) is 0 Å². The summed E-state index contributed by atoms with van der Waals surface area (Å²) in [7, 11) is -4.11. The van der Waals surface area contributed by atoms with E-state index in [1.54, 1.807) is 0 Å². The summed E-state index contributed by atoms with van der Waals surface area (Å²) in [6.45, 7) is 7.45. The van der Waals surface area contributed by atoms with E-state index in [4.69, 9.17) is 0 Å². The highest BCUT2D eigenvalue weighted by atomic mass is 32.2. The van der Waals surface area contributed by atoms with Crippen LogP contribution in [0.1, 0.15) is 40.0 Å². The number of rotatable bonds is 7. The molecular weight excluding hydrogens is 294 g/mol. The maximum Gasteiger partial charge on any atom is 0.148 e. The molecule has 0 spiro atoms. The minimum Gasteiger partial charge on any atom is -0.313 e. The molecule has 0 bridgehead atoms. The van der Waals surface area contributed by atoms with E-state index in [0.29, 0.717) is 11.8 Å². The minimum atomic E-state index is -3.03. The van der Waals surface area contributed by atoms with Crippen molar-refractivity contribution in [3.8, 4) is 0 Å². The summed E-state index contributed by atoms with van der Waals surface area (Å²) < 4.78 is 35.1. The van der Waals surface area contributed by atoms with Crippen molar-refractivity contribution in [1.29, 1.82) is 0 Å². The Morgan fingerprint density at radius 3 is 2.45 bits per heavy atom. The third-order valence-corrected chi connectivity index (χ3v) is 7.21. The van der Waals surface area contributed by atoms with Gasteiger partial charge >= 0.3 is 0 Å². The van der Waals surface area contributed by atoms with Gasteiger partial charge in [-0.1, -0.05) is 20.8 Å². The van der Waals surface area contributed by atoms with Gasteiger partial charge in [-0.25, -0.2) is 8.42 Å². The average molecular weight is 324 g/mol. The minimum absolute atomic E-state index is 0.0267. The summed E-state index contributed by atoms with van der Waals surface area (Å²) in [6, 6.07) is 0.258. The SMILES string of the molecule is CCCNC1CC(C)CC(C)C1S(=O)CCS(C)(=O)=O. The van der Waals surface area contributed by atoms with Crippen LogP contribution in [0.2, 0.25) is 0 Å². The second-order valence-electron chi connectivity index (χ2n) is 6.29. The molecule has 0 radical (unpaired) electrons. The Morgan fingerprint density at radius 1 is 1.25 bits per heavy atom. The standard InChI is InChI=1S/C14H29NO3S2/c1-5-6-15-13-10-11(2)9-12(3)14(13)19(16)7-8-20(4,17)18/h11-15H,5-10H2,1-4H3. The second kappa shape index (κ2) is 7.90. The quantitative estimate of drug-likeness (QED) is 0.773. The monoisotopic (exact) mass is 323 g/mol. The van der Waals surface area contributed by atoms with E-state index in [1.807, 2.05) is 0 Å². The number of hydrogen-bond acceptors (Lipinski definition) is 4. The zero-order valence-electron chi connectivity index (χ0n) is 13.1. The van der Waals surface area contributed by atoms with E-state index in [2.05, 4.69) is 26.1 Å². The van der Waals surface area contributed by atoms with Crippen LogP contribution < -0.4 is 5.32 Å². The molecule has 1 rings (SSSR count). The Bertz CT molecular complexity index is 422. The van der Waals surface area contributed by atoms with Crippen LogP contribution in [0.5, 0.6) is 0 Å². The lowest BCUT2D eigenvalue weighted by molar-refractivity contribution is 0.246. The van der Waals surface area contributed by atoms with Crippen LogP contribution in [0, 0.1) is 11.8 Å². The Morgan fingerprint density at radius 2 is 1.90 bits per heavy atom. The molecule has 0 amide bonds. The first-order valence-electron chi connectivity index (χ1n) is 7.52. The molecule has 120 valence electrons. The summed E-state index contributed by atoms with van der Waals surface area (Å²) in [4.78, 5) is 0. The fourth-order valence-corrected chi connectivity index (χ4v) is 6.51. The lowest BCUT2D eigenvalue weighted by atomic mass is 9.80. The summed E-state index contributed by atoms with van der Waals surface area (Å²) in [5, 5.41) is 3.60. The van der Waals surface area contributed by atoms with Gasteiger partial charge in [0.2, 0.25) is 0 Å². The van der Waals surface area contributed by atoms with E-state index in [1.165, 1.54) is 6.26 Å². The van der Waals surface area contributed by atoms with Crippen molar-refractivity contribution in [3.05, 3.63) is 0 Å². The topological polar surface area (TPSA) is 63.2 Å². The molecule has 0 aromatic carbocycles. The highest BCUT2D eigenvalue weighted by Crippen LogP contribution is 2.32. The fourth-order valence-electron chi connectivity index (χ4n) is 3.17. The zero-order valence-corrected chi connectivity index (χ0v) is 14.7. The van der Waals surface area contributed by atoms with E-state index in [0.717, 1.165) is 25.8 Å². The van der Waals surface area contributed by atoms with Crippen molar-refractivity contribution in [2.75, 3.05) is 24.3 Å². The normalized spacial score (nSPS) is 33.0. The molecule has 6 heteroatoms. The first-order valence-corrected chi connectivity index (χ1v) is 11.0. The highest BCUT2D eigenvalue weighted by molar-refractivity contribution is 7.92. The van der Waals surface area contributed by atoms with Crippen LogP contribution in [-0.4, -0.2) is 48.2 Å². The van der Waals surface area contributed by atoms with Gasteiger partial charge in [0.25, 0.3) is 0 Å². The summed E-state index contributed by atoms with van der Waals surface area (Å²) in [5.74, 6) is 1.32. The molecule has 0 heterocycles. The Labute approximate surface area is 126 Å². The average Bonchev–Trinajstić information content (AvgIpc) is 2.32. The van der Waals surface area contributed by atoms with Crippen molar-refractivity contribution in [2.45, 2.75) is 51.3 Å². The molecule has 5 unspecified atom stereocenters. The molecule has 1 saturated carbocycles. The van der Waals surface area contributed by atoms with Crippen LogP contribution in [0.25, 0.3) is 0 Å². The van der Waals surface area contributed by atoms with Crippen molar-refractivity contribution < 1.29 is 12.6 Å². The van der Waals surface area contributed by atoms with Gasteiger partial charge in [-0.15, -0.1) is 0 Å². The van der Waals surface area contributed by atoms with Gasteiger partial charge in [-0.2, -0.15) is 0 Å². The molecule has 1 fully saturated rings. The van der Waals surface area contributed by atoms with Gasteiger partial charge in [0.05, 0.1) is 11.0 Å². The molecule has 0 aliphatic heterocycles. The lowest BCUT2D eigenvalue weighted by Gasteiger charge is -2.39. The predicted octanol–water partition coefficient (Wildman–Crippen LogP) is 1.58. The molecule has 20 heavy (non-hydrogen) atoms. The van der Waals surface area contributed by atoms with E-state index in [-0.39, 0.29) is 22.8 Å². The van der Waals surface area contributed by atoms with E-state index >= 15 is 0 Å². The third kappa shape index (κ3) is 5.82. The molecule has 4 nitrogen and oxygen atoms in total. The molecule has 5 atom stereocenters. The summed E-state index contributed by atoms with van der Waals surface area (Å²) >= 11 is 0. The summed E-state index contributed by atoms with van der Waals surface area (Å²) in [5.41, 5.74) is 0. The first kappa shape index (κ1) is 18.1. The van der Waals surface area contributed by atoms with Crippen molar-refractivity contribution in [2.24, 2.45) is 11.8 Å². The first-order chi connectivity index (χ1) is 9.24. The van der Waals surface area contributed by atoms with Crippen LogP contribution in [0.15, 0.2) is 0 Å². The Kier molecular flexibility index (Phi) is 7.15. The molecule has 1 aliphatic carbocycles. The lowest BCUT2D eigenvalue weighted by Crippen LogP contribution is -2.51.